The Morgan fingerprint density at radius 3 is 2.58 bits per heavy atom. The van der Waals surface area contributed by atoms with E-state index in [2.05, 4.69) is 54.6 Å². The van der Waals surface area contributed by atoms with Gasteiger partial charge in [0.15, 0.2) is 0 Å². The molecule has 0 radical (unpaired) electrons. The van der Waals surface area contributed by atoms with Crippen LogP contribution in [0.1, 0.15) is 63.4 Å². The molecule has 6 heteroatoms. The number of hydrogen-bond acceptors (Lipinski definition) is 4. The number of amidine groups is 1. The summed E-state index contributed by atoms with van der Waals surface area (Å²) in [6, 6.07) is 17.9. The van der Waals surface area contributed by atoms with Crippen molar-refractivity contribution in [1.29, 1.82) is 5.41 Å². The number of nitrogens with zero attached hydrogens (tertiary/aromatic N) is 1. The third kappa shape index (κ3) is 6.30. The third-order valence-electron chi connectivity index (χ3n) is 6.43. The molecule has 3 N–H and O–H groups in total. The Balaban J connectivity index is 1.44. The molecule has 2 aromatic carbocycles. The summed E-state index contributed by atoms with van der Waals surface area (Å²) in [7, 11) is 0. The van der Waals surface area contributed by atoms with Crippen LogP contribution in [0.25, 0.3) is 0 Å². The first-order chi connectivity index (χ1) is 17.1. The number of anilines is 1. The van der Waals surface area contributed by atoms with E-state index in [1.165, 1.54) is 11.1 Å². The standard InChI is InChI=1S/C30H36N4O2/c1-19(2)33-28(31)27-18-26(13-14-32-27)36-25-12-11-20-9-10-21(15-22(20)16-25)29(35)34-24-8-6-7-23(17-24)30(3,4)5/h6-8,11-14,16-19,21H,9-10,15H2,1-5H3,(H2,31,33)(H,34,35). The highest BCUT2D eigenvalue weighted by atomic mass is 16.5. The van der Waals surface area contributed by atoms with Gasteiger partial charge in [0.05, 0.1) is 0 Å². The molecule has 1 aliphatic rings. The van der Waals surface area contributed by atoms with Crippen molar-refractivity contribution in [1.82, 2.24) is 10.3 Å². The maximum Gasteiger partial charge on any atom is 0.227 e. The second-order valence-corrected chi connectivity index (χ2v) is 10.8. The van der Waals surface area contributed by atoms with Crippen molar-refractivity contribution in [3.8, 4) is 11.5 Å². The van der Waals surface area contributed by atoms with Gasteiger partial charge in [-0.25, -0.2) is 0 Å². The first-order valence-corrected chi connectivity index (χ1v) is 12.6. The Morgan fingerprint density at radius 2 is 1.83 bits per heavy atom. The molecule has 0 fully saturated rings. The zero-order chi connectivity index (χ0) is 25.9. The van der Waals surface area contributed by atoms with Gasteiger partial charge < -0.3 is 15.4 Å². The predicted molar refractivity (Wildman–Crippen MR) is 145 cm³/mol. The van der Waals surface area contributed by atoms with Crippen LogP contribution in [-0.4, -0.2) is 22.8 Å². The van der Waals surface area contributed by atoms with Gasteiger partial charge in [-0.15, -0.1) is 0 Å². The Morgan fingerprint density at radius 1 is 1.06 bits per heavy atom. The molecule has 6 nitrogen and oxygen atoms in total. The van der Waals surface area contributed by atoms with Crippen molar-refractivity contribution in [2.45, 2.75) is 65.3 Å². The minimum Gasteiger partial charge on any atom is -0.457 e. The fourth-order valence-corrected chi connectivity index (χ4v) is 4.44. The van der Waals surface area contributed by atoms with Gasteiger partial charge in [0.25, 0.3) is 0 Å². The largest absolute Gasteiger partial charge is 0.457 e. The fourth-order valence-electron chi connectivity index (χ4n) is 4.44. The number of aryl methyl sites for hydroxylation is 1. The molecule has 0 bridgehead atoms. The summed E-state index contributed by atoms with van der Waals surface area (Å²) in [6.45, 7) is 10.5. The molecule has 1 aliphatic carbocycles. The van der Waals surface area contributed by atoms with Crippen LogP contribution in [0.3, 0.4) is 0 Å². The minimum atomic E-state index is -0.0823. The van der Waals surface area contributed by atoms with Gasteiger partial charge in [0.2, 0.25) is 5.91 Å². The molecule has 3 aromatic rings. The van der Waals surface area contributed by atoms with Crippen LogP contribution < -0.4 is 15.4 Å². The van der Waals surface area contributed by atoms with E-state index in [1.54, 1.807) is 18.3 Å². The lowest BCUT2D eigenvalue weighted by Gasteiger charge is -2.25. The summed E-state index contributed by atoms with van der Waals surface area (Å²) < 4.78 is 6.11. The lowest BCUT2D eigenvalue weighted by Crippen LogP contribution is -2.30. The molecule has 0 saturated heterocycles. The number of ether oxygens (including phenoxy) is 1. The van der Waals surface area contributed by atoms with Gasteiger partial charge >= 0.3 is 0 Å². The SMILES string of the molecule is CC(C)NC(=N)c1cc(Oc2ccc3c(c2)CC(C(=O)Nc2cccc(C(C)(C)C)c2)CC3)ccn1. The lowest BCUT2D eigenvalue weighted by molar-refractivity contribution is -0.120. The summed E-state index contributed by atoms with van der Waals surface area (Å²) in [6.07, 6.45) is 4.03. The van der Waals surface area contributed by atoms with Gasteiger partial charge in [-0.3, -0.25) is 15.2 Å². The summed E-state index contributed by atoms with van der Waals surface area (Å²) in [4.78, 5) is 17.4. The average molecular weight is 485 g/mol. The molecular weight excluding hydrogens is 448 g/mol. The number of fused-ring (bicyclic) bond motifs is 1. The van der Waals surface area contributed by atoms with E-state index in [0.717, 1.165) is 24.1 Å². The molecule has 1 unspecified atom stereocenters. The van der Waals surface area contributed by atoms with Crippen molar-refractivity contribution in [3.05, 3.63) is 83.2 Å². The van der Waals surface area contributed by atoms with Crippen molar-refractivity contribution in [3.63, 3.8) is 0 Å². The first-order valence-electron chi connectivity index (χ1n) is 12.6. The van der Waals surface area contributed by atoms with Crippen LogP contribution >= 0.6 is 0 Å². The monoisotopic (exact) mass is 484 g/mol. The van der Waals surface area contributed by atoms with Crippen LogP contribution in [0, 0.1) is 11.3 Å². The smallest absolute Gasteiger partial charge is 0.227 e. The molecule has 36 heavy (non-hydrogen) atoms. The number of carbonyl (C=O) groups excluding carboxylic acids is 1. The van der Waals surface area contributed by atoms with Crippen LogP contribution in [0.5, 0.6) is 11.5 Å². The van der Waals surface area contributed by atoms with Gasteiger partial charge in [0.1, 0.15) is 23.0 Å². The molecule has 1 heterocycles. The van der Waals surface area contributed by atoms with E-state index in [4.69, 9.17) is 10.1 Å². The van der Waals surface area contributed by atoms with E-state index in [0.29, 0.717) is 23.6 Å². The molecule has 0 aliphatic heterocycles. The molecule has 4 rings (SSSR count). The van der Waals surface area contributed by atoms with Gasteiger partial charge in [-0.2, -0.15) is 0 Å². The molecule has 1 atom stereocenters. The lowest BCUT2D eigenvalue weighted by atomic mass is 9.83. The number of hydrogen-bond donors (Lipinski definition) is 3. The van der Waals surface area contributed by atoms with Gasteiger partial charge in [-0.05, 0) is 85.5 Å². The van der Waals surface area contributed by atoms with E-state index >= 15 is 0 Å². The molecule has 0 spiro atoms. The summed E-state index contributed by atoms with van der Waals surface area (Å²) >= 11 is 0. The zero-order valence-corrected chi connectivity index (χ0v) is 21.8. The van der Waals surface area contributed by atoms with Crippen LogP contribution in [-0.2, 0) is 23.1 Å². The Kier molecular flexibility index (Phi) is 7.43. The van der Waals surface area contributed by atoms with Crippen LogP contribution in [0.15, 0.2) is 60.8 Å². The molecular formula is C30H36N4O2. The van der Waals surface area contributed by atoms with Crippen molar-refractivity contribution in [2.75, 3.05) is 5.32 Å². The second kappa shape index (κ2) is 10.5. The Hall–Kier alpha value is -3.67. The van der Waals surface area contributed by atoms with Gasteiger partial charge in [-0.1, -0.05) is 39.0 Å². The number of benzene rings is 2. The molecule has 1 amide bonds. The number of amides is 1. The number of aromatic nitrogens is 1. The summed E-state index contributed by atoms with van der Waals surface area (Å²) in [5.74, 6) is 1.59. The highest BCUT2D eigenvalue weighted by Gasteiger charge is 2.25. The average Bonchev–Trinajstić information content (AvgIpc) is 2.83. The number of carbonyl (C=O) groups is 1. The van der Waals surface area contributed by atoms with Crippen molar-refractivity contribution in [2.24, 2.45) is 5.92 Å². The van der Waals surface area contributed by atoms with E-state index < -0.39 is 0 Å². The maximum atomic E-state index is 13.1. The first kappa shape index (κ1) is 25.4. The maximum absolute atomic E-state index is 13.1. The zero-order valence-electron chi connectivity index (χ0n) is 21.8. The van der Waals surface area contributed by atoms with Crippen molar-refractivity contribution < 1.29 is 9.53 Å². The van der Waals surface area contributed by atoms with E-state index in [1.807, 2.05) is 38.1 Å². The fraction of sp³-hybridized carbons (Fsp3) is 0.367. The van der Waals surface area contributed by atoms with E-state index in [-0.39, 0.29) is 29.1 Å². The van der Waals surface area contributed by atoms with Gasteiger partial charge in [0, 0.05) is 29.9 Å². The number of nitrogens with one attached hydrogen (secondary N) is 3. The highest BCUT2D eigenvalue weighted by Crippen LogP contribution is 2.32. The number of rotatable bonds is 6. The van der Waals surface area contributed by atoms with E-state index in [9.17, 15) is 4.79 Å². The number of pyridine rings is 1. The molecule has 1 aromatic heterocycles. The predicted octanol–water partition coefficient (Wildman–Crippen LogP) is 6.24. The molecule has 188 valence electrons. The summed E-state index contributed by atoms with van der Waals surface area (Å²) in [5.41, 5.74) is 5.02. The second-order valence-electron chi connectivity index (χ2n) is 10.8. The topological polar surface area (TPSA) is 87.1 Å². The Bertz CT molecular complexity index is 1260. The Labute approximate surface area is 214 Å². The molecule has 0 saturated carbocycles. The van der Waals surface area contributed by atoms with Crippen LogP contribution in [0.4, 0.5) is 5.69 Å². The van der Waals surface area contributed by atoms with Crippen LogP contribution in [0.2, 0.25) is 0 Å². The summed E-state index contributed by atoms with van der Waals surface area (Å²) in [5, 5.41) is 14.4. The normalized spacial score (nSPS) is 15.2. The highest BCUT2D eigenvalue weighted by molar-refractivity contribution is 5.95. The quantitative estimate of drug-likeness (QED) is 0.286. The van der Waals surface area contributed by atoms with Crippen molar-refractivity contribution >= 4 is 17.4 Å². The third-order valence-corrected chi connectivity index (χ3v) is 6.43. The minimum absolute atomic E-state index is 0.0295.